The molecule has 0 atom stereocenters. The van der Waals surface area contributed by atoms with Crippen molar-refractivity contribution in [2.75, 3.05) is 5.32 Å². The molecular formula is C14H15NO3. The molecule has 0 unspecified atom stereocenters. The van der Waals surface area contributed by atoms with Crippen molar-refractivity contribution in [2.24, 2.45) is 0 Å². The number of amides is 1. The Labute approximate surface area is 105 Å². The van der Waals surface area contributed by atoms with Crippen molar-refractivity contribution in [3.8, 4) is 0 Å². The highest BCUT2D eigenvalue weighted by molar-refractivity contribution is 5.93. The van der Waals surface area contributed by atoms with Crippen molar-refractivity contribution >= 4 is 22.6 Å². The van der Waals surface area contributed by atoms with Gasteiger partial charge < -0.3 is 9.73 Å². The molecule has 0 aliphatic carbocycles. The largest absolute Gasteiger partial charge is 0.423 e. The lowest BCUT2D eigenvalue weighted by Crippen LogP contribution is -2.10. The molecule has 1 heterocycles. The Bertz CT molecular complexity index is 643. The van der Waals surface area contributed by atoms with E-state index in [1.807, 2.05) is 19.9 Å². The van der Waals surface area contributed by atoms with Crippen LogP contribution in [0.15, 0.2) is 33.5 Å². The van der Waals surface area contributed by atoms with Crippen LogP contribution in [-0.2, 0) is 4.79 Å². The van der Waals surface area contributed by atoms with Crippen LogP contribution in [0.1, 0.15) is 25.3 Å². The number of hydrogen-bond donors (Lipinski definition) is 1. The molecule has 0 radical (unpaired) electrons. The minimum Gasteiger partial charge on any atom is -0.423 e. The highest BCUT2D eigenvalue weighted by atomic mass is 16.4. The average Bonchev–Trinajstić information content (AvgIpc) is 2.30. The fraction of sp³-hybridized carbons (Fsp3) is 0.286. The summed E-state index contributed by atoms with van der Waals surface area (Å²) in [5.74, 6) is -0.00751. The van der Waals surface area contributed by atoms with Crippen LogP contribution in [0.2, 0.25) is 0 Å². The number of nitrogens with one attached hydrogen (secondary N) is 1. The molecule has 0 saturated carbocycles. The van der Waals surface area contributed by atoms with Gasteiger partial charge in [0.15, 0.2) is 0 Å². The van der Waals surface area contributed by atoms with Gasteiger partial charge in [-0.25, -0.2) is 4.79 Å². The number of rotatable bonds is 3. The molecular weight excluding hydrogens is 230 g/mol. The number of aryl methyl sites for hydroxylation is 1. The first-order valence-electron chi connectivity index (χ1n) is 5.94. The van der Waals surface area contributed by atoms with E-state index in [2.05, 4.69) is 5.32 Å². The van der Waals surface area contributed by atoms with E-state index < -0.39 is 0 Å². The van der Waals surface area contributed by atoms with Gasteiger partial charge in [0.2, 0.25) is 5.91 Å². The number of carbonyl (C=O) groups excluding carboxylic acids is 1. The predicted molar refractivity (Wildman–Crippen MR) is 70.8 cm³/mol. The van der Waals surface area contributed by atoms with E-state index in [9.17, 15) is 9.59 Å². The van der Waals surface area contributed by atoms with E-state index in [-0.39, 0.29) is 11.5 Å². The summed E-state index contributed by atoms with van der Waals surface area (Å²) >= 11 is 0. The number of fused-ring (bicyclic) bond motifs is 1. The van der Waals surface area contributed by atoms with Gasteiger partial charge in [-0.05, 0) is 37.1 Å². The molecule has 0 aliphatic rings. The summed E-state index contributed by atoms with van der Waals surface area (Å²) in [6.07, 6.45) is 1.31. The maximum atomic E-state index is 11.5. The SMILES string of the molecule is CCCC(=O)Nc1ccc2oc(=O)cc(C)c2c1. The van der Waals surface area contributed by atoms with Crippen LogP contribution in [0.4, 0.5) is 5.69 Å². The van der Waals surface area contributed by atoms with Gasteiger partial charge in [-0.15, -0.1) is 0 Å². The van der Waals surface area contributed by atoms with Crippen LogP contribution in [-0.4, -0.2) is 5.91 Å². The monoisotopic (exact) mass is 245 g/mol. The first kappa shape index (κ1) is 12.4. The smallest absolute Gasteiger partial charge is 0.336 e. The number of hydrogen-bond acceptors (Lipinski definition) is 3. The fourth-order valence-electron chi connectivity index (χ4n) is 1.85. The highest BCUT2D eigenvalue weighted by Crippen LogP contribution is 2.21. The molecule has 0 fully saturated rings. The van der Waals surface area contributed by atoms with E-state index in [0.717, 1.165) is 23.1 Å². The Morgan fingerprint density at radius 2 is 2.11 bits per heavy atom. The topological polar surface area (TPSA) is 59.3 Å². The molecule has 4 nitrogen and oxygen atoms in total. The van der Waals surface area contributed by atoms with Crippen LogP contribution in [0, 0.1) is 6.92 Å². The first-order valence-corrected chi connectivity index (χ1v) is 5.94. The van der Waals surface area contributed by atoms with Gasteiger partial charge in [-0.2, -0.15) is 0 Å². The van der Waals surface area contributed by atoms with Crippen molar-refractivity contribution < 1.29 is 9.21 Å². The highest BCUT2D eigenvalue weighted by Gasteiger charge is 2.05. The Kier molecular flexibility index (Phi) is 3.46. The molecule has 0 aliphatic heterocycles. The molecule has 0 saturated heterocycles. The molecule has 1 amide bonds. The molecule has 0 bridgehead atoms. The molecule has 2 rings (SSSR count). The zero-order chi connectivity index (χ0) is 13.1. The van der Waals surface area contributed by atoms with Crippen molar-refractivity contribution in [1.29, 1.82) is 0 Å². The second kappa shape index (κ2) is 5.04. The predicted octanol–water partition coefficient (Wildman–Crippen LogP) is 2.84. The van der Waals surface area contributed by atoms with Crippen LogP contribution < -0.4 is 10.9 Å². The van der Waals surface area contributed by atoms with Gasteiger partial charge >= 0.3 is 5.63 Å². The third-order valence-corrected chi connectivity index (χ3v) is 2.71. The van der Waals surface area contributed by atoms with Crippen molar-refractivity contribution in [1.82, 2.24) is 0 Å². The fourth-order valence-corrected chi connectivity index (χ4v) is 1.85. The summed E-state index contributed by atoms with van der Waals surface area (Å²) in [6.45, 7) is 3.80. The van der Waals surface area contributed by atoms with Crippen LogP contribution in [0.5, 0.6) is 0 Å². The minimum atomic E-state index is -0.359. The Morgan fingerprint density at radius 3 is 2.83 bits per heavy atom. The Balaban J connectivity index is 2.38. The van der Waals surface area contributed by atoms with Crippen molar-refractivity contribution in [2.45, 2.75) is 26.7 Å². The maximum absolute atomic E-state index is 11.5. The molecule has 0 spiro atoms. The van der Waals surface area contributed by atoms with Gasteiger partial charge in [-0.1, -0.05) is 6.92 Å². The molecule has 4 heteroatoms. The molecule has 1 aromatic heterocycles. The first-order chi connectivity index (χ1) is 8.60. The van der Waals surface area contributed by atoms with Crippen LogP contribution >= 0.6 is 0 Å². The second-order valence-electron chi connectivity index (χ2n) is 4.26. The third kappa shape index (κ3) is 2.59. The lowest BCUT2D eigenvalue weighted by molar-refractivity contribution is -0.116. The lowest BCUT2D eigenvalue weighted by Gasteiger charge is -2.06. The molecule has 18 heavy (non-hydrogen) atoms. The van der Waals surface area contributed by atoms with Gasteiger partial charge in [-0.3, -0.25) is 4.79 Å². The number of anilines is 1. The third-order valence-electron chi connectivity index (χ3n) is 2.71. The maximum Gasteiger partial charge on any atom is 0.336 e. The van der Waals surface area contributed by atoms with E-state index in [4.69, 9.17) is 4.42 Å². The zero-order valence-electron chi connectivity index (χ0n) is 10.4. The molecule has 2 aromatic rings. The summed E-state index contributed by atoms with van der Waals surface area (Å²) in [5.41, 5.74) is 1.74. The van der Waals surface area contributed by atoms with Gasteiger partial charge in [0.05, 0.1) is 0 Å². The standard InChI is InChI=1S/C14H15NO3/c1-3-4-13(16)15-10-5-6-12-11(8-10)9(2)7-14(17)18-12/h5-8H,3-4H2,1-2H3,(H,15,16). The molecule has 1 N–H and O–H groups in total. The van der Waals surface area contributed by atoms with E-state index in [1.54, 1.807) is 12.1 Å². The van der Waals surface area contributed by atoms with Crippen molar-refractivity contribution in [3.63, 3.8) is 0 Å². The second-order valence-corrected chi connectivity index (χ2v) is 4.26. The van der Waals surface area contributed by atoms with Gasteiger partial charge in [0, 0.05) is 23.6 Å². The number of carbonyl (C=O) groups is 1. The van der Waals surface area contributed by atoms with Gasteiger partial charge in [0.1, 0.15) is 5.58 Å². The van der Waals surface area contributed by atoms with Gasteiger partial charge in [0.25, 0.3) is 0 Å². The van der Waals surface area contributed by atoms with Crippen LogP contribution in [0.3, 0.4) is 0 Å². The van der Waals surface area contributed by atoms with E-state index in [0.29, 0.717) is 12.0 Å². The Morgan fingerprint density at radius 1 is 1.33 bits per heavy atom. The van der Waals surface area contributed by atoms with E-state index in [1.165, 1.54) is 6.07 Å². The summed E-state index contributed by atoms with van der Waals surface area (Å²) in [4.78, 5) is 22.7. The van der Waals surface area contributed by atoms with Crippen LogP contribution in [0.25, 0.3) is 11.0 Å². The summed E-state index contributed by atoms with van der Waals surface area (Å²) in [6, 6.07) is 6.70. The minimum absolute atomic E-state index is 0.00751. The zero-order valence-corrected chi connectivity index (χ0v) is 10.4. The number of benzene rings is 1. The lowest BCUT2D eigenvalue weighted by atomic mass is 10.1. The Hall–Kier alpha value is -2.10. The molecule has 94 valence electrons. The average molecular weight is 245 g/mol. The summed E-state index contributed by atoms with van der Waals surface area (Å²) in [5, 5.41) is 3.66. The summed E-state index contributed by atoms with van der Waals surface area (Å²) in [7, 11) is 0. The summed E-state index contributed by atoms with van der Waals surface area (Å²) < 4.78 is 5.08. The normalized spacial score (nSPS) is 10.6. The molecule has 1 aromatic carbocycles. The van der Waals surface area contributed by atoms with Crippen molar-refractivity contribution in [3.05, 3.63) is 40.2 Å². The van der Waals surface area contributed by atoms with E-state index >= 15 is 0 Å². The quantitative estimate of drug-likeness (QED) is 0.846.